The van der Waals surface area contributed by atoms with E-state index >= 15 is 0 Å². The zero-order chi connectivity index (χ0) is 21.7. The minimum atomic E-state index is -0.300. The molecule has 0 unspecified atom stereocenters. The van der Waals surface area contributed by atoms with Gasteiger partial charge in [-0.25, -0.2) is 0 Å². The molecule has 1 aliphatic heterocycles. The van der Waals surface area contributed by atoms with Gasteiger partial charge in [-0.1, -0.05) is 35.9 Å². The third-order valence-corrected chi connectivity index (χ3v) is 5.20. The van der Waals surface area contributed by atoms with Crippen molar-refractivity contribution in [1.82, 2.24) is 9.80 Å². The molecule has 0 radical (unpaired) electrons. The third-order valence-electron chi connectivity index (χ3n) is 4.97. The molecule has 0 atom stereocenters. The SMILES string of the molecule is COCCN(CC(=O)N1CC(=O)N(c2cccc(Cl)c2)C1)C(=O)c1ccccc1C. The van der Waals surface area contributed by atoms with Gasteiger partial charge in [-0.15, -0.1) is 0 Å². The van der Waals surface area contributed by atoms with Crippen LogP contribution >= 0.6 is 11.6 Å². The average Bonchev–Trinajstić information content (AvgIpc) is 3.12. The summed E-state index contributed by atoms with van der Waals surface area (Å²) in [6.07, 6.45) is 0. The number of rotatable bonds is 7. The zero-order valence-corrected chi connectivity index (χ0v) is 17.8. The standard InChI is InChI=1S/C22H24ClN3O4/c1-16-6-3-4-9-19(16)22(29)24(10-11-30-2)13-20(27)25-14-21(28)26(15-25)18-8-5-7-17(23)12-18/h3-9,12H,10-11,13-15H2,1-2H3. The van der Waals surface area contributed by atoms with E-state index in [2.05, 4.69) is 0 Å². The van der Waals surface area contributed by atoms with Crippen molar-refractivity contribution in [3.05, 3.63) is 64.7 Å². The van der Waals surface area contributed by atoms with Crippen LogP contribution in [0, 0.1) is 6.92 Å². The molecule has 2 aromatic carbocycles. The Morgan fingerprint density at radius 2 is 1.93 bits per heavy atom. The van der Waals surface area contributed by atoms with Gasteiger partial charge < -0.3 is 14.5 Å². The van der Waals surface area contributed by atoms with Crippen molar-refractivity contribution in [1.29, 1.82) is 0 Å². The maximum Gasteiger partial charge on any atom is 0.254 e. The fourth-order valence-electron chi connectivity index (χ4n) is 3.29. The fourth-order valence-corrected chi connectivity index (χ4v) is 3.47. The molecule has 3 amide bonds. The van der Waals surface area contributed by atoms with Gasteiger partial charge in [-0.05, 0) is 36.8 Å². The maximum atomic E-state index is 13.0. The van der Waals surface area contributed by atoms with E-state index in [1.807, 2.05) is 19.1 Å². The Morgan fingerprint density at radius 3 is 2.63 bits per heavy atom. The lowest BCUT2D eigenvalue weighted by atomic mass is 10.1. The topological polar surface area (TPSA) is 70.2 Å². The highest BCUT2D eigenvalue weighted by Gasteiger charge is 2.33. The first-order valence-electron chi connectivity index (χ1n) is 9.58. The lowest BCUT2D eigenvalue weighted by molar-refractivity contribution is -0.132. The van der Waals surface area contributed by atoms with Gasteiger partial charge >= 0.3 is 0 Å². The second-order valence-corrected chi connectivity index (χ2v) is 7.51. The number of nitrogens with zero attached hydrogens (tertiary/aromatic N) is 3. The van der Waals surface area contributed by atoms with Crippen LogP contribution in [0.3, 0.4) is 0 Å². The van der Waals surface area contributed by atoms with Crippen molar-refractivity contribution in [3.8, 4) is 0 Å². The molecule has 0 aromatic heterocycles. The molecule has 0 saturated carbocycles. The Balaban J connectivity index is 1.72. The van der Waals surface area contributed by atoms with E-state index < -0.39 is 0 Å². The lowest BCUT2D eigenvalue weighted by Gasteiger charge is -2.25. The number of carbonyl (C=O) groups is 3. The molecule has 0 bridgehead atoms. The molecule has 158 valence electrons. The van der Waals surface area contributed by atoms with Crippen LogP contribution in [0.4, 0.5) is 5.69 Å². The number of carbonyl (C=O) groups excluding carboxylic acids is 3. The molecule has 1 fully saturated rings. The molecule has 8 heteroatoms. The van der Waals surface area contributed by atoms with E-state index in [9.17, 15) is 14.4 Å². The lowest BCUT2D eigenvalue weighted by Crippen LogP contribution is -2.44. The number of hydrogen-bond donors (Lipinski definition) is 0. The minimum absolute atomic E-state index is 0.0397. The van der Waals surface area contributed by atoms with Crippen LogP contribution in [0.25, 0.3) is 0 Å². The molecule has 0 spiro atoms. The number of anilines is 1. The summed E-state index contributed by atoms with van der Waals surface area (Å²) in [6, 6.07) is 14.2. The van der Waals surface area contributed by atoms with Crippen molar-refractivity contribution < 1.29 is 19.1 Å². The molecule has 7 nitrogen and oxygen atoms in total. The predicted molar refractivity (Wildman–Crippen MR) is 114 cm³/mol. The van der Waals surface area contributed by atoms with Crippen molar-refractivity contribution in [3.63, 3.8) is 0 Å². The summed E-state index contributed by atoms with van der Waals surface area (Å²) >= 11 is 6.02. The van der Waals surface area contributed by atoms with Crippen molar-refractivity contribution in [2.75, 3.05) is 44.9 Å². The Bertz CT molecular complexity index is 949. The number of aryl methyl sites for hydroxylation is 1. The fraction of sp³-hybridized carbons (Fsp3) is 0.318. The summed E-state index contributed by atoms with van der Waals surface area (Å²) in [4.78, 5) is 42.8. The van der Waals surface area contributed by atoms with Crippen LogP contribution in [-0.4, -0.2) is 67.5 Å². The number of ether oxygens (including phenoxy) is 1. The van der Waals surface area contributed by atoms with Crippen LogP contribution < -0.4 is 4.90 Å². The molecular weight excluding hydrogens is 406 g/mol. The quantitative estimate of drug-likeness (QED) is 0.678. The van der Waals surface area contributed by atoms with Gasteiger partial charge in [0.2, 0.25) is 11.8 Å². The molecule has 1 heterocycles. The van der Waals surface area contributed by atoms with E-state index in [4.69, 9.17) is 16.3 Å². The number of amides is 3. The monoisotopic (exact) mass is 429 g/mol. The molecule has 3 rings (SSSR count). The Hall–Kier alpha value is -2.90. The highest BCUT2D eigenvalue weighted by Crippen LogP contribution is 2.23. The van der Waals surface area contributed by atoms with Gasteiger partial charge in [0.1, 0.15) is 19.8 Å². The van der Waals surface area contributed by atoms with Gasteiger partial charge in [-0.2, -0.15) is 0 Å². The smallest absolute Gasteiger partial charge is 0.254 e. The van der Waals surface area contributed by atoms with Crippen LogP contribution in [0.15, 0.2) is 48.5 Å². The van der Waals surface area contributed by atoms with Gasteiger partial charge in [0.15, 0.2) is 0 Å². The van der Waals surface area contributed by atoms with Gasteiger partial charge in [0, 0.05) is 29.9 Å². The van der Waals surface area contributed by atoms with Crippen LogP contribution in [0.2, 0.25) is 5.02 Å². The third kappa shape index (κ3) is 4.98. The molecule has 0 N–H and O–H groups in total. The van der Waals surface area contributed by atoms with Crippen LogP contribution in [0.5, 0.6) is 0 Å². The molecule has 0 aliphatic carbocycles. The van der Waals surface area contributed by atoms with Crippen molar-refractivity contribution in [2.45, 2.75) is 6.92 Å². The number of halogens is 1. The summed E-state index contributed by atoms with van der Waals surface area (Å²) in [5.74, 6) is -0.735. The average molecular weight is 430 g/mol. The summed E-state index contributed by atoms with van der Waals surface area (Å²) in [7, 11) is 1.54. The Labute approximate surface area is 180 Å². The first-order valence-corrected chi connectivity index (χ1v) is 9.96. The molecule has 1 aliphatic rings. The minimum Gasteiger partial charge on any atom is -0.383 e. The number of benzene rings is 2. The second kappa shape index (κ2) is 9.73. The van der Waals surface area contributed by atoms with Crippen molar-refractivity contribution in [2.24, 2.45) is 0 Å². The van der Waals surface area contributed by atoms with Crippen LogP contribution in [-0.2, 0) is 14.3 Å². The first-order chi connectivity index (χ1) is 14.4. The van der Waals surface area contributed by atoms with Gasteiger partial charge in [0.05, 0.1) is 6.61 Å². The summed E-state index contributed by atoms with van der Waals surface area (Å²) < 4.78 is 5.11. The van der Waals surface area contributed by atoms with E-state index in [1.165, 1.54) is 14.7 Å². The van der Waals surface area contributed by atoms with E-state index in [0.29, 0.717) is 22.9 Å². The predicted octanol–water partition coefficient (Wildman–Crippen LogP) is 2.57. The molecule has 1 saturated heterocycles. The summed E-state index contributed by atoms with van der Waals surface area (Å²) in [5, 5.41) is 0.514. The highest BCUT2D eigenvalue weighted by atomic mass is 35.5. The van der Waals surface area contributed by atoms with Crippen molar-refractivity contribution >= 4 is 35.0 Å². The zero-order valence-electron chi connectivity index (χ0n) is 17.0. The van der Waals surface area contributed by atoms with E-state index in [-0.39, 0.29) is 44.0 Å². The molecule has 30 heavy (non-hydrogen) atoms. The highest BCUT2D eigenvalue weighted by molar-refractivity contribution is 6.31. The Kier molecular flexibility index (Phi) is 7.07. The van der Waals surface area contributed by atoms with Crippen LogP contribution in [0.1, 0.15) is 15.9 Å². The van der Waals surface area contributed by atoms with Gasteiger partial charge in [0.25, 0.3) is 5.91 Å². The largest absolute Gasteiger partial charge is 0.383 e. The Morgan fingerprint density at radius 1 is 1.17 bits per heavy atom. The molecular formula is C22H24ClN3O4. The second-order valence-electron chi connectivity index (χ2n) is 7.07. The normalized spacial score (nSPS) is 13.6. The number of methoxy groups -OCH3 is 1. The molecule has 2 aromatic rings. The van der Waals surface area contributed by atoms with Gasteiger partial charge in [-0.3, -0.25) is 19.3 Å². The van der Waals surface area contributed by atoms with E-state index in [0.717, 1.165) is 5.56 Å². The summed E-state index contributed by atoms with van der Waals surface area (Å²) in [6.45, 7) is 2.38. The van der Waals surface area contributed by atoms with E-state index in [1.54, 1.807) is 43.5 Å². The summed E-state index contributed by atoms with van der Waals surface area (Å²) in [5.41, 5.74) is 2.01. The first kappa shape index (κ1) is 21.8. The maximum absolute atomic E-state index is 13.0. The number of hydrogen-bond acceptors (Lipinski definition) is 4.